The summed E-state index contributed by atoms with van der Waals surface area (Å²) in [6.45, 7) is 8.82. The Bertz CT molecular complexity index is 1180. The van der Waals surface area contributed by atoms with E-state index < -0.39 is 10.8 Å². The van der Waals surface area contributed by atoms with Crippen LogP contribution < -0.4 is 15.0 Å². The Balaban J connectivity index is 1.82. The van der Waals surface area contributed by atoms with Gasteiger partial charge in [-0.15, -0.1) is 5.10 Å². The first-order valence-electron chi connectivity index (χ1n) is 10.7. The van der Waals surface area contributed by atoms with Crippen molar-refractivity contribution >= 4 is 40.3 Å². The molecule has 2 aliphatic heterocycles. The molecule has 8 nitrogen and oxygen atoms in total. The van der Waals surface area contributed by atoms with E-state index in [-0.39, 0.29) is 29.6 Å². The van der Waals surface area contributed by atoms with Gasteiger partial charge in [0.2, 0.25) is 16.7 Å². The van der Waals surface area contributed by atoms with Crippen LogP contribution in [-0.4, -0.2) is 34.0 Å². The minimum atomic E-state index is -1.42. The third-order valence-corrected chi connectivity index (χ3v) is 6.63. The van der Waals surface area contributed by atoms with E-state index in [4.69, 9.17) is 4.74 Å². The Morgan fingerprint density at radius 2 is 1.88 bits per heavy atom. The summed E-state index contributed by atoms with van der Waals surface area (Å²) in [6, 6.07) is 13.2. The van der Waals surface area contributed by atoms with Crippen molar-refractivity contribution in [1.82, 2.24) is 10.3 Å². The van der Waals surface area contributed by atoms with Crippen molar-refractivity contribution in [2.75, 3.05) is 4.90 Å². The van der Waals surface area contributed by atoms with Crippen LogP contribution in [0.4, 0.5) is 5.69 Å². The molecule has 4 rings (SSSR count). The Hall–Kier alpha value is -3.33. The number of nitrogens with one attached hydrogen (secondary N) is 1. The number of anilines is 1. The van der Waals surface area contributed by atoms with Crippen LogP contribution in [-0.2, 0) is 25.8 Å². The quantitative estimate of drug-likeness (QED) is 0.745. The number of amides is 3. The molecule has 0 fully saturated rings. The minimum absolute atomic E-state index is 0.0204. The highest BCUT2D eigenvalue weighted by atomic mass is 32.2. The number of benzene rings is 2. The molecule has 33 heavy (non-hydrogen) atoms. The largest absolute Gasteiger partial charge is 0.491 e. The molecule has 2 aromatic carbocycles. The van der Waals surface area contributed by atoms with E-state index in [1.807, 2.05) is 63.2 Å². The van der Waals surface area contributed by atoms with Gasteiger partial charge in [-0.25, -0.2) is 0 Å². The SMILES string of the molecule is CC(=O)NC1=NN(C(C)=O)[C@]2(S1)C(=O)N(Cc1ccccc1OC(C)C)c1c(C)cccc12. The molecule has 0 radical (unpaired) electrons. The molecule has 0 unspecified atom stereocenters. The molecule has 172 valence electrons. The molecule has 0 saturated heterocycles. The lowest BCUT2D eigenvalue weighted by atomic mass is 10.0. The number of para-hydroxylation sites is 2. The maximum Gasteiger partial charge on any atom is 0.271 e. The van der Waals surface area contributed by atoms with E-state index in [1.54, 1.807) is 4.90 Å². The molecule has 0 saturated carbocycles. The Morgan fingerprint density at radius 1 is 1.15 bits per heavy atom. The molecule has 0 bridgehead atoms. The topological polar surface area (TPSA) is 91.3 Å². The molecular formula is C24H26N4O4S. The number of nitrogens with zero attached hydrogens (tertiary/aromatic N) is 3. The van der Waals surface area contributed by atoms with Gasteiger partial charge >= 0.3 is 0 Å². The highest BCUT2D eigenvalue weighted by molar-refractivity contribution is 8.15. The third kappa shape index (κ3) is 3.86. The van der Waals surface area contributed by atoms with Crippen LogP contribution in [0.2, 0.25) is 0 Å². The fourth-order valence-corrected chi connectivity index (χ4v) is 5.50. The number of carbonyl (C=O) groups excluding carboxylic acids is 3. The Kier molecular flexibility index (Phi) is 5.92. The average Bonchev–Trinajstić information content (AvgIpc) is 3.22. The van der Waals surface area contributed by atoms with Crippen molar-refractivity contribution in [2.45, 2.75) is 52.1 Å². The normalized spacial score (nSPS) is 19.2. The van der Waals surface area contributed by atoms with Crippen LogP contribution in [0, 0.1) is 6.92 Å². The molecule has 2 heterocycles. The summed E-state index contributed by atoms with van der Waals surface area (Å²) < 4.78 is 5.97. The number of carbonyl (C=O) groups is 3. The zero-order chi connectivity index (χ0) is 23.9. The summed E-state index contributed by atoms with van der Waals surface area (Å²) >= 11 is 1.07. The lowest BCUT2D eigenvalue weighted by molar-refractivity contribution is -0.139. The van der Waals surface area contributed by atoms with Crippen LogP contribution in [0.3, 0.4) is 0 Å². The predicted molar refractivity (Wildman–Crippen MR) is 128 cm³/mol. The van der Waals surface area contributed by atoms with E-state index in [0.717, 1.165) is 28.6 Å². The third-order valence-electron chi connectivity index (χ3n) is 5.39. The van der Waals surface area contributed by atoms with Gasteiger partial charge in [0.25, 0.3) is 5.91 Å². The molecule has 1 atom stereocenters. The second-order valence-corrected chi connectivity index (χ2v) is 9.48. The first kappa shape index (κ1) is 22.8. The highest BCUT2D eigenvalue weighted by Gasteiger charge is 2.61. The monoisotopic (exact) mass is 466 g/mol. The number of hydrogen-bond acceptors (Lipinski definition) is 6. The number of ether oxygens (including phenoxy) is 1. The number of aryl methyl sites for hydroxylation is 1. The van der Waals surface area contributed by atoms with Gasteiger partial charge in [0.15, 0.2) is 5.17 Å². The number of fused-ring (bicyclic) bond motifs is 2. The van der Waals surface area contributed by atoms with Gasteiger partial charge < -0.3 is 15.0 Å². The molecule has 1 N–H and O–H groups in total. The molecule has 0 aromatic heterocycles. The van der Waals surface area contributed by atoms with Gasteiger partial charge in [0, 0.05) is 25.0 Å². The summed E-state index contributed by atoms with van der Waals surface area (Å²) in [5.74, 6) is -0.313. The van der Waals surface area contributed by atoms with Crippen LogP contribution in [0.5, 0.6) is 5.75 Å². The summed E-state index contributed by atoms with van der Waals surface area (Å²) in [5, 5.41) is 8.32. The number of hydrazone groups is 1. The van der Waals surface area contributed by atoms with E-state index in [9.17, 15) is 14.4 Å². The van der Waals surface area contributed by atoms with Crippen LogP contribution >= 0.6 is 11.8 Å². The zero-order valence-electron chi connectivity index (χ0n) is 19.2. The van der Waals surface area contributed by atoms with Crippen molar-refractivity contribution < 1.29 is 19.1 Å². The predicted octanol–water partition coefficient (Wildman–Crippen LogP) is 3.48. The lowest BCUT2D eigenvalue weighted by Crippen LogP contribution is -2.48. The Morgan fingerprint density at radius 3 is 2.55 bits per heavy atom. The van der Waals surface area contributed by atoms with Crippen molar-refractivity contribution in [1.29, 1.82) is 0 Å². The number of hydrogen-bond donors (Lipinski definition) is 1. The second-order valence-electron chi connectivity index (χ2n) is 8.30. The van der Waals surface area contributed by atoms with E-state index in [2.05, 4.69) is 10.4 Å². The zero-order valence-corrected chi connectivity index (χ0v) is 20.0. The van der Waals surface area contributed by atoms with Gasteiger partial charge in [-0.3, -0.25) is 14.4 Å². The number of amidine groups is 1. The van der Waals surface area contributed by atoms with Crippen LogP contribution in [0.15, 0.2) is 47.6 Å². The molecule has 9 heteroatoms. The molecule has 0 aliphatic carbocycles. The van der Waals surface area contributed by atoms with Crippen LogP contribution in [0.1, 0.15) is 44.4 Å². The van der Waals surface area contributed by atoms with Crippen molar-refractivity contribution in [3.05, 3.63) is 59.2 Å². The number of rotatable bonds is 4. The average molecular weight is 467 g/mol. The smallest absolute Gasteiger partial charge is 0.271 e. The molecule has 2 aliphatic rings. The fraction of sp³-hybridized carbons (Fsp3) is 0.333. The van der Waals surface area contributed by atoms with Gasteiger partial charge in [0.05, 0.1) is 18.3 Å². The molecular weight excluding hydrogens is 440 g/mol. The van der Waals surface area contributed by atoms with E-state index in [1.165, 1.54) is 18.9 Å². The molecule has 1 spiro atoms. The highest BCUT2D eigenvalue weighted by Crippen LogP contribution is 2.55. The minimum Gasteiger partial charge on any atom is -0.491 e. The number of thioether (sulfide) groups is 1. The fourth-order valence-electron chi connectivity index (χ4n) is 4.18. The first-order valence-corrected chi connectivity index (χ1v) is 11.5. The van der Waals surface area contributed by atoms with Crippen molar-refractivity contribution in [2.24, 2.45) is 5.10 Å². The van der Waals surface area contributed by atoms with Crippen LogP contribution in [0.25, 0.3) is 0 Å². The summed E-state index contributed by atoms with van der Waals surface area (Å²) in [5.41, 5.74) is 3.15. The van der Waals surface area contributed by atoms with Gasteiger partial charge in [-0.05, 0) is 44.2 Å². The van der Waals surface area contributed by atoms with Gasteiger partial charge in [0.1, 0.15) is 5.75 Å². The molecule has 2 aromatic rings. The summed E-state index contributed by atoms with van der Waals surface area (Å²) in [6.07, 6.45) is -0.0204. The van der Waals surface area contributed by atoms with Crippen molar-refractivity contribution in [3.63, 3.8) is 0 Å². The Labute approximate surface area is 197 Å². The second kappa shape index (κ2) is 8.55. The van der Waals surface area contributed by atoms with E-state index in [0.29, 0.717) is 11.3 Å². The maximum absolute atomic E-state index is 14.1. The first-order chi connectivity index (χ1) is 15.6. The lowest BCUT2D eigenvalue weighted by Gasteiger charge is -2.29. The summed E-state index contributed by atoms with van der Waals surface area (Å²) in [7, 11) is 0. The van der Waals surface area contributed by atoms with Gasteiger partial charge in [-0.1, -0.05) is 36.4 Å². The van der Waals surface area contributed by atoms with Crippen molar-refractivity contribution in [3.8, 4) is 5.75 Å². The summed E-state index contributed by atoms with van der Waals surface area (Å²) in [4.78, 5) is 38.7. The standard InChI is InChI=1S/C24H26N4O4S/c1-14(2)32-20-12-7-6-10-18(20)13-27-21-15(3)9-8-11-19(21)24(22(27)31)28(17(5)30)26-23(33-24)25-16(4)29/h6-12,14H,13H2,1-5H3,(H,25,26,29)/t24-/m1/s1. The van der Waals surface area contributed by atoms with Gasteiger partial charge in [-0.2, -0.15) is 5.01 Å². The maximum atomic E-state index is 14.1. The van der Waals surface area contributed by atoms with E-state index >= 15 is 0 Å². The molecule has 3 amide bonds.